The number of aromatic carboxylic acids is 1. The SMILES string of the molecule is CCCOc1ccc(-c2ccc(C3CC(c4ccc5nccnc5c4)=NN3c3cc(C(=O)O)ccn3)cc2)cc1. The fourth-order valence-electron chi connectivity index (χ4n) is 4.84. The summed E-state index contributed by atoms with van der Waals surface area (Å²) in [4.78, 5) is 25.0. The number of carboxylic acid groups (broad SMARTS) is 1. The highest BCUT2D eigenvalue weighted by molar-refractivity contribution is 6.05. The predicted octanol–water partition coefficient (Wildman–Crippen LogP) is 6.53. The van der Waals surface area contributed by atoms with E-state index in [0.717, 1.165) is 51.2 Å². The molecule has 3 aromatic carbocycles. The van der Waals surface area contributed by atoms with Crippen LogP contribution in [0.5, 0.6) is 5.75 Å². The lowest BCUT2D eigenvalue weighted by atomic mass is 9.96. The number of nitrogens with zero attached hydrogens (tertiary/aromatic N) is 5. The van der Waals surface area contributed by atoms with Gasteiger partial charge in [-0.05, 0) is 59.5 Å². The summed E-state index contributed by atoms with van der Waals surface area (Å²) in [5.74, 6) is 0.337. The van der Waals surface area contributed by atoms with Gasteiger partial charge in [-0.1, -0.05) is 49.4 Å². The molecule has 1 N–H and O–H groups in total. The molecule has 3 heterocycles. The number of pyridine rings is 1. The number of carboxylic acids is 1. The second kappa shape index (κ2) is 10.9. The van der Waals surface area contributed by atoms with Crippen LogP contribution in [0.3, 0.4) is 0 Å². The van der Waals surface area contributed by atoms with E-state index in [4.69, 9.17) is 9.84 Å². The molecule has 5 aromatic rings. The molecular formula is C32H27N5O3. The molecule has 8 heteroatoms. The number of aromatic nitrogens is 3. The van der Waals surface area contributed by atoms with E-state index in [2.05, 4.69) is 58.3 Å². The number of ether oxygens (including phenoxy) is 1. The number of fused-ring (bicyclic) bond motifs is 1. The maximum absolute atomic E-state index is 11.7. The van der Waals surface area contributed by atoms with Crippen molar-refractivity contribution in [3.63, 3.8) is 0 Å². The Kier molecular flexibility index (Phi) is 6.89. The molecule has 2 aromatic heterocycles. The molecule has 0 radical (unpaired) electrons. The van der Waals surface area contributed by atoms with Crippen molar-refractivity contribution in [2.45, 2.75) is 25.8 Å². The fraction of sp³-hybridized carbons (Fsp3) is 0.156. The quantitative estimate of drug-likeness (QED) is 0.244. The van der Waals surface area contributed by atoms with Gasteiger partial charge in [-0.2, -0.15) is 5.10 Å². The van der Waals surface area contributed by atoms with Crippen LogP contribution < -0.4 is 9.75 Å². The Morgan fingerprint density at radius 1 is 0.850 bits per heavy atom. The van der Waals surface area contributed by atoms with Crippen LogP contribution in [0.4, 0.5) is 5.82 Å². The fourth-order valence-corrected chi connectivity index (χ4v) is 4.84. The molecule has 0 saturated heterocycles. The Hall–Kier alpha value is -5.11. The smallest absolute Gasteiger partial charge is 0.335 e. The van der Waals surface area contributed by atoms with Gasteiger partial charge in [0.2, 0.25) is 0 Å². The van der Waals surface area contributed by atoms with Gasteiger partial charge in [0.25, 0.3) is 0 Å². The maximum Gasteiger partial charge on any atom is 0.335 e. The molecule has 0 spiro atoms. The number of hydrogen-bond donors (Lipinski definition) is 1. The van der Waals surface area contributed by atoms with Crippen LogP contribution in [-0.2, 0) is 0 Å². The molecule has 1 aliphatic heterocycles. The number of benzene rings is 3. The van der Waals surface area contributed by atoms with E-state index in [0.29, 0.717) is 18.8 Å². The molecule has 0 fully saturated rings. The van der Waals surface area contributed by atoms with Crippen LogP contribution in [0.1, 0.15) is 47.3 Å². The molecule has 1 aliphatic rings. The Balaban J connectivity index is 1.33. The monoisotopic (exact) mass is 529 g/mol. The number of anilines is 1. The van der Waals surface area contributed by atoms with Gasteiger partial charge in [0.1, 0.15) is 11.6 Å². The van der Waals surface area contributed by atoms with Gasteiger partial charge in [-0.25, -0.2) is 14.8 Å². The molecule has 6 rings (SSSR count). The van der Waals surface area contributed by atoms with Crippen molar-refractivity contribution in [3.05, 3.63) is 114 Å². The first-order chi connectivity index (χ1) is 19.6. The Morgan fingerprint density at radius 3 is 2.27 bits per heavy atom. The minimum atomic E-state index is -1.01. The van der Waals surface area contributed by atoms with E-state index >= 15 is 0 Å². The van der Waals surface area contributed by atoms with E-state index < -0.39 is 5.97 Å². The van der Waals surface area contributed by atoms with Crippen LogP contribution in [0, 0.1) is 0 Å². The van der Waals surface area contributed by atoms with Gasteiger partial charge >= 0.3 is 5.97 Å². The highest BCUT2D eigenvalue weighted by Gasteiger charge is 2.31. The summed E-state index contributed by atoms with van der Waals surface area (Å²) in [5.41, 5.74) is 6.82. The minimum absolute atomic E-state index is 0.162. The second-order valence-electron chi connectivity index (χ2n) is 9.57. The average Bonchev–Trinajstić information content (AvgIpc) is 3.46. The second-order valence-corrected chi connectivity index (χ2v) is 9.57. The largest absolute Gasteiger partial charge is 0.494 e. The van der Waals surface area contributed by atoms with E-state index in [9.17, 15) is 9.90 Å². The van der Waals surface area contributed by atoms with Crippen molar-refractivity contribution in [3.8, 4) is 16.9 Å². The van der Waals surface area contributed by atoms with Crippen molar-refractivity contribution >= 4 is 28.5 Å². The zero-order valence-corrected chi connectivity index (χ0v) is 21.9. The normalized spacial score (nSPS) is 14.8. The molecular weight excluding hydrogens is 502 g/mol. The number of hydrazone groups is 1. The standard InChI is InChI=1S/C32H27N5O3/c1-2-17-40-26-10-7-22(8-11-26)21-3-5-23(6-4-21)30-20-28(24-9-12-27-29(18-24)34-16-15-33-27)36-37(30)31-19-25(32(38)39)13-14-35-31/h3-16,18-19,30H,2,17,20H2,1H3,(H,38,39). The van der Waals surface area contributed by atoms with Crippen LogP contribution in [0.25, 0.3) is 22.2 Å². The third-order valence-electron chi connectivity index (χ3n) is 6.90. The number of hydrogen-bond acceptors (Lipinski definition) is 7. The first kappa shape index (κ1) is 25.2. The Bertz CT molecular complexity index is 1700. The Morgan fingerprint density at radius 2 is 1.55 bits per heavy atom. The third-order valence-corrected chi connectivity index (χ3v) is 6.90. The van der Waals surface area contributed by atoms with Crippen LogP contribution in [-0.4, -0.2) is 38.3 Å². The van der Waals surface area contributed by atoms with Crippen molar-refractivity contribution < 1.29 is 14.6 Å². The summed E-state index contributed by atoms with van der Waals surface area (Å²) in [6, 6.07) is 25.3. The number of rotatable bonds is 8. The first-order valence-electron chi connectivity index (χ1n) is 13.2. The summed E-state index contributed by atoms with van der Waals surface area (Å²) in [5, 5.41) is 16.3. The van der Waals surface area contributed by atoms with Gasteiger partial charge in [-0.15, -0.1) is 0 Å². The van der Waals surface area contributed by atoms with Crippen molar-refractivity contribution in [2.24, 2.45) is 5.10 Å². The summed E-state index contributed by atoms with van der Waals surface area (Å²) in [6.45, 7) is 2.79. The van der Waals surface area contributed by atoms with E-state index in [1.165, 1.54) is 12.3 Å². The van der Waals surface area contributed by atoms with Crippen molar-refractivity contribution in [1.82, 2.24) is 15.0 Å². The lowest BCUT2D eigenvalue weighted by Crippen LogP contribution is -2.20. The van der Waals surface area contributed by atoms with Crippen LogP contribution in [0.2, 0.25) is 0 Å². The number of carbonyl (C=O) groups is 1. The van der Waals surface area contributed by atoms with Gasteiger partial charge < -0.3 is 9.84 Å². The first-order valence-corrected chi connectivity index (χ1v) is 13.2. The zero-order valence-electron chi connectivity index (χ0n) is 21.9. The van der Waals surface area contributed by atoms with E-state index in [-0.39, 0.29) is 11.6 Å². The summed E-state index contributed by atoms with van der Waals surface area (Å²) >= 11 is 0. The van der Waals surface area contributed by atoms with Gasteiger partial charge in [0.05, 0.1) is 35.0 Å². The Labute approximate surface area is 231 Å². The van der Waals surface area contributed by atoms with E-state index in [1.807, 2.05) is 35.3 Å². The topological polar surface area (TPSA) is 101 Å². The van der Waals surface area contributed by atoms with Crippen LogP contribution >= 0.6 is 0 Å². The van der Waals surface area contributed by atoms with Gasteiger partial charge in [-0.3, -0.25) is 9.97 Å². The minimum Gasteiger partial charge on any atom is -0.494 e. The van der Waals surface area contributed by atoms with Gasteiger partial charge in [0, 0.05) is 30.6 Å². The molecule has 1 atom stereocenters. The lowest BCUT2D eigenvalue weighted by molar-refractivity contribution is 0.0696. The summed E-state index contributed by atoms with van der Waals surface area (Å²) in [6.07, 6.45) is 6.44. The summed E-state index contributed by atoms with van der Waals surface area (Å²) in [7, 11) is 0. The molecule has 0 bridgehead atoms. The molecule has 1 unspecified atom stereocenters. The zero-order chi connectivity index (χ0) is 27.5. The highest BCUT2D eigenvalue weighted by atomic mass is 16.5. The molecule has 0 amide bonds. The van der Waals surface area contributed by atoms with Crippen LogP contribution in [0.15, 0.2) is 103 Å². The lowest BCUT2D eigenvalue weighted by Gasteiger charge is -2.23. The highest BCUT2D eigenvalue weighted by Crippen LogP contribution is 2.37. The molecule has 0 aliphatic carbocycles. The third kappa shape index (κ3) is 5.11. The summed E-state index contributed by atoms with van der Waals surface area (Å²) < 4.78 is 5.71. The maximum atomic E-state index is 11.7. The molecule has 198 valence electrons. The van der Waals surface area contributed by atoms with Crippen molar-refractivity contribution in [1.29, 1.82) is 0 Å². The van der Waals surface area contributed by atoms with E-state index in [1.54, 1.807) is 18.5 Å². The predicted molar refractivity (Wildman–Crippen MR) is 155 cm³/mol. The molecule has 0 saturated carbocycles. The molecule has 40 heavy (non-hydrogen) atoms. The van der Waals surface area contributed by atoms with Gasteiger partial charge in [0.15, 0.2) is 0 Å². The average molecular weight is 530 g/mol. The van der Waals surface area contributed by atoms with Crippen molar-refractivity contribution in [2.75, 3.05) is 11.6 Å². The molecule has 8 nitrogen and oxygen atoms in total.